The number of alkyl halides is 3. The van der Waals surface area contributed by atoms with Gasteiger partial charge in [0, 0.05) is 12.7 Å². The zero-order chi connectivity index (χ0) is 12.9. The Morgan fingerprint density at radius 1 is 1.24 bits per heavy atom. The zero-order valence-electron chi connectivity index (χ0n) is 9.73. The van der Waals surface area contributed by atoms with E-state index in [4.69, 9.17) is 0 Å². The number of hydrogen-bond acceptors (Lipinski definition) is 1. The Hall–Kier alpha value is -0.520. The first-order chi connectivity index (χ1) is 7.95. The maximum absolute atomic E-state index is 12.4. The summed E-state index contributed by atoms with van der Waals surface area (Å²) in [4.78, 5) is 0. The first-order valence-corrected chi connectivity index (χ1v) is 6.54. The fraction of sp³-hybridized carbons (Fsp3) is 0.727. The highest BCUT2D eigenvalue weighted by atomic mass is 79.9. The van der Waals surface area contributed by atoms with E-state index in [2.05, 4.69) is 28.0 Å². The summed E-state index contributed by atoms with van der Waals surface area (Å²) in [6.45, 7) is 2.67. The van der Waals surface area contributed by atoms with E-state index < -0.39 is 11.9 Å². The average molecular weight is 313 g/mol. The summed E-state index contributed by atoms with van der Waals surface area (Å²) in [7, 11) is 0. The fourth-order valence-corrected chi connectivity index (χ4v) is 2.12. The highest BCUT2D eigenvalue weighted by molar-refractivity contribution is 9.10. The number of rotatable bonds is 6. The molecule has 17 heavy (non-hydrogen) atoms. The van der Waals surface area contributed by atoms with Crippen LogP contribution in [0.2, 0.25) is 0 Å². The fourth-order valence-electron chi connectivity index (χ4n) is 1.58. The average Bonchev–Trinajstić information content (AvgIpc) is 2.59. The Labute approximate surface area is 107 Å². The Morgan fingerprint density at radius 2 is 1.88 bits per heavy atom. The normalized spacial score (nSPS) is 12.1. The van der Waals surface area contributed by atoms with Crippen molar-refractivity contribution in [1.29, 1.82) is 0 Å². The number of hydrogen-bond donors (Lipinski definition) is 0. The standard InChI is InChI=1S/C11H16BrF3N2/c1-2-3-4-5-6-7-17-8-9(12)10(16-17)11(13,14)15/h8H,2-7H2,1H3. The van der Waals surface area contributed by atoms with Gasteiger partial charge in [-0.1, -0.05) is 32.6 Å². The minimum atomic E-state index is -4.38. The Kier molecular flexibility index (Phi) is 5.49. The van der Waals surface area contributed by atoms with E-state index >= 15 is 0 Å². The van der Waals surface area contributed by atoms with Gasteiger partial charge in [-0.05, 0) is 22.4 Å². The molecule has 0 fully saturated rings. The summed E-state index contributed by atoms with van der Waals surface area (Å²) >= 11 is 2.88. The molecule has 98 valence electrons. The van der Waals surface area contributed by atoms with Gasteiger partial charge in [0.1, 0.15) is 0 Å². The van der Waals surface area contributed by atoms with Crippen molar-refractivity contribution in [2.75, 3.05) is 0 Å². The van der Waals surface area contributed by atoms with Crippen molar-refractivity contribution in [3.8, 4) is 0 Å². The van der Waals surface area contributed by atoms with Crippen molar-refractivity contribution in [2.24, 2.45) is 0 Å². The van der Waals surface area contributed by atoms with Gasteiger partial charge in [-0.15, -0.1) is 0 Å². The van der Waals surface area contributed by atoms with E-state index in [1.54, 1.807) is 0 Å². The highest BCUT2D eigenvalue weighted by Crippen LogP contribution is 2.33. The van der Waals surface area contributed by atoms with Crippen molar-refractivity contribution in [3.05, 3.63) is 16.4 Å². The molecule has 0 radical (unpaired) electrons. The predicted molar refractivity (Wildman–Crippen MR) is 63.7 cm³/mol. The molecule has 1 aromatic heterocycles. The van der Waals surface area contributed by atoms with Crippen LogP contribution in [-0.2, 0) is 12.7 Å². The smallest absolute Gasteiger partial charge is 0.271 e. The Bertz CT molecular complexity index is 347. The topological polar surface area (TPSA) is 17.8 Å². The van der Waals surface area contributed by atoms with Gasteiger partial charge in [0.2, 0.25) is 0 Å². The van der Waals surface area contributed by atoms with E-state index in [1.165, 1.54) is 17.3 Å². The van der Waals surface area contributed by atoms with Crippen LogP contribution in [0.1, 0.15) is 44.7 Å². The largest absolute Gasteiger partial charge is 0.436 e. The third-order valence-electron chi connectivity index (χ3n) is 2.48. The second-order valence-corrected chi connectivity index (χ2v) is 4.86. The minimum Gasteiger partial charge on any atom is -0.271 e. The summed E-state index contributed by atoms with van der Waals surface area (Å²) in [5.41, 5.74) is -0.842. The molecule has 0 aliphatic rings. The molecule has 0 aromatic carbocycles. The SMILES string of the molecule is CCCCCCCn1cc(Br)c(C(F)(F)F)n1. The molecule has 0 amide bonds. The van der Waals surface area contributed by atoms with Gasteiger partial charge in [0.15, 0.2) is 5.69 Å². The summed E-state index contributed by atoms with van der Waals surface area (Å²) < 4.78 is 38.7. The second-order valence-electron chi connectivity index (χ2n) is 4.00. The molecule has 1 heterocycles. The Morgan fingerprint density at radius 3 is 2.41 bits per heavy atom. The molecule has 6 heteroatoms. The van der Waals surface area contributed by atoms with Crippen molar-refractivity contribution < 1.29 is 13.2 Å². The van der Waals surface area contributed by atoms with Crippen LogP contribution < -0.4 is 0 Å². The second kappa shape index (κ2) is 6.42. The molecule has 0 aliphatic heterocycles. The van der Waals surface area contributed by atoms with Crippen LogP contribution in [0.4, 0.5) is 13.2 Å². The number of aryl methyl sites for hydroxylation is 1. The van der Waals surface area contributed by atoms with Crippen molar-refractivity contribution in [1.82, 2.24) is 9.78 Å². The number of nitrogens with zero attached hydrogens (tertiary/aromatic N) is 2. The lowest BCUT2D eigenvalue weighted by Gasteiger charge is -2.03. The Balaban J connectivity index is 2.45. The first kappa shape index (κ1) is 14.5. The first-order valence-electron chi connectivity index (χ1n) is 5.75. The highest BCUT2D eigenvalue weighted by Gasteiger charge is 2.36. The van der Waals surface area contributed by atoms with Crippen molar-refractivity contribution >= 4 is 15.9 Å². The minimum absolute atomic E-state index is 0.0126. The van der Waals surface area contributed by atoms with Crippen molar-refractivity contribution in [2.45, 2.75) is 51.7 Å². The quantitative estimate of drug-likeness (QED) is 0.700. The predicted octanol–water partition coefficient (Wildman–Crippen LogP) is 4.63. The van der Waals surface area contributed by atoms with Crippen LogP contribution in [0, 0.1) is 0 Å². The number of halogens is 4. The van der Waals surface area contributed by atoms with E-state index in [1.807, 2.05) is 0 Å². The monoisotopic (exact) mass is 312 g/mol. The maximum Gasteiger partial charge on any atom is 0.436 e. The lowest BCUT2D eigenvalue weighted by atomic mass is 10.1. The molecule has 0 unspecified atom stereocenters. The van der Waals surface area contributed by atoms with Crippen LogP contribution >= 0.6 is 15.9 Å². The van der Waals surface area contributed by atoms with E-state index in [0.717, 1.165) is 25.7 Å². The molecule has 0 bridgehead atoms. The summed E-state index contributed by atoms with van der Waals surface area (Å²) in [6.07, 6.45) is 2.38. The molecular weight excluding hydrogens is 297 g/mol. The third-order valence-corrected chi connectivity index (χ3v) is 3.06. The lowest BCUT2D eigenvalue weighted by Crippen LogP contribution is -2.08. The molecule has 0 aliphatic carbocycles. The molecule has 1 rings (SSSR count). The van der Waals surface area contributed by atoms with E-state index in [9.17, 15) is 13.2 Å². The maximum atomic E-state index is 12.4. The summed E-state index contributed by atoms with van der Waals surface area (Å²) in [5, 5.41) is 3.54. The van der Waals surface area contributed by atoms with Crippen LogP contribution in [-0.4, -0.2) is 9.78 Å². The molecule has 0 saturated carbocycles. The molecule has 2 nitrogen and oxygen atoms in total. The van der Waals surface area contributed by atoms with Gasteiger partial charge in [0.25, 0.3) is 0 Å². The van der Waals surface area contributed by atoms with Gasteiger partial charge < -0.3 is 0 Å². The molecule has 0 atom stereocenters. The van der Waals surface area contributed by atoms with Crippen LogP contribution in [0.25, 0.3) is 0 Å². The summed E-state index contributed by atoms with van der Waals surface area (Å²) in [5.74, 6) is 0. The molecule has 1 aromatic rings. The van der Waals surface area contributed by atoms with Gasteiger partial charge in [-0.25, -0.2) is 0 Å². The lowest BCUT2D eigenvalue weighted by molar-refractivity contribution is -0.142. The zero-order valence-corrected chi connectivity index (χ0v) is 11.3. The van der Waals surface area contributed by atoms with Crippen LogP contribution in [0.5, 0.6) is 0 Å². The molecule has 0 spiro atoms. The van der Waals surface area contributed by atoms with Gasteiger partial charge in [-0.3, -0.25) is 4.68 Å². The number of aromatic nitrogens is 2. The van der Waals surface area contributed by atoms with Gasteiger partial charge in [0.05, 0.1) is 4.47 Å². The van der Waals surface area contributed by atoms with Gasteiger partial charge >= 0.3 is 6.18 Å². The van der Waals surface area contributed by atoms with Crippen molar-refractivity contribution in [3.63, 3.8) is 0 Å². The van der Waals surface area contributed by atoms with E-state index in [0.29, 0.717) is 6.54 Å². The summed E-state index contributed by atoms with van der Waals surface area (Å²) in [6, 6.07) is 0. The van der Waals surface area contributed by atoms with Crippen LogP contribution in [0.15, 0.2) is 10.7 Å². The molecular formula is C11H16BrF3N2. The van der Waals surface area contributed by atoms with Gasteiger partial charge in [-0.2, -0.15) is 18.3 Å². The van der Waals surface area contributed by atoms with Crippen LogP contribution in [0.3, 0.4) is 0 Å². The number of unbranched alkanes of at least 4 members (excludes halogenated alkanes) is 4. The third kappa shape index (κ3) is 4.69. The molecule has 0 N–H and O–H groups in total. The molecule has 0 saturated heterocycles. The van der Waals surface area contributed by atoms with E-state index in [-0.39, 0.29) is 4.47 Å².